The topological polar surface area (TPSA) is 49.6 Å². The highest BCUT2D eigenvalue weighted by Gasteiger charge is 2.09. The van der Waals surface area contributed by atoms with E-state index in [0.29, 0.717) is 27.1 Å². The number of furan rings is 1. The largest absolute Gasteiger partial charge is 0.455 e. The predicted molar refractivity (Wildman–Crippen MR) is 108 cm³/mol. The first-order valence-corrected chi connectivity index (χ1v) is 8.59. The lowest BCUT2D eigenvalue weighted by molar-refractivity contribution is 0.574. The molecule has 0 amide bonds. The third kappa shape index (κ3) is 4.60. The van der Waals surface area contributed by atoms with Crippen molar-refractivity contribution in [2.45, 2.75) is 0 Å². The number of nitrogens with zero attached hydrogens (tertiary/aromatic N) is 1. The molecule has 0 unspecified atom stereocenters. The highest BCUT2D eigenvalue weighted by atomic mass is 35.5. The van der Waals surface area contributed by atoms with Crippen LogP contribution in [0.3, 0.4) is 0 Å². The maximum Gasteiger partial charge on any atom is 0.191 e. The van der Waals surface area contributed by atoms with Gasteiger partial charge >= 0.3 is 0 Å². The first kappa shape index (κ1) is 18.4. The van der Waals surface area contributed by atoms with Gasteiger partial charge in [-0.2, -0.15) is 5.10 Å². The number of hydrogen-bond donors (Lipinski definition) is 2. The van der Waals surface area contributed by atoms with Gasteiger partial charge in [-0.1, -0.05) is 35.3 Å². The molecule has 132 valence electrons. The number of hydrazone groups is 1. The Morgan fingerprint density at radius 2 is 1.92 bits per heavy atom. The summed E-state index contributed by atoms with van der Waals surface area (Å²) in [5, 5.41) is 7.91. The molecular formula is C18H12Cl2FN3OS. The predicted octanol–water partition coefficient (Wildman–Crippen LogP) is 5.71. The van der Waals surface area contributed by atoms with Crippen molar-refractivity contribution in [1.82, 2.24) is 5.43 Å². The van der Waals surface area contributed by atoms with E-state index in [4.69, 9.17) is 39.8 Å². The summed E-state index contributed by atoms with van der Waals surface area (Å²) in [6.45, 7) is 0. The second-order valence-electron chi connectivity index (χ2n) is 5.13. The number of halogens is 3. The van der Waals surface area contributed by atoms with E-state index in [1.54, 1.807) is 48.5 Å². The molecule has 3 aromatic rings. The number of benzene rings is 2. The van der Waals surface area contributed by atoms with Crippen molar-refractivity contribution in [3.05, 3.63) is 76.2 Å². The highest BCUT2D eigenvalue weighted by Crippen LogP contribution is 2.31. The van der Waals surface area contributed by atoms with Crippen LogP contribution < -0.4 is 10.7 Å². The minimum absolute atomic E-state index is 0.149. The number of para-hydroxylation sites is 1. The van der Waals surface area contributed by atoms with E-state index < -0.39 is 5.82 Å². The molecule has 0 saturated heterocycles. The molecule has 4 nitrogen and oxygen atoms in total. The van der Waals surface area contributed by atoms with Gasteiger partial charge in [-0.05, 0) is 54.7 Å². The van der Waals surface area contributed by atoms with E-state index in [1.165, 1.54) is 12.3 Å². The summed E-state index contributed by atoms with van der Waals surface area (Å²) >= 11 is 17.2. The fraction of sp³-hybridized carbons (Fsp3) is 0. The van der Waals surface area contributed by atoms with Gasteiger partial charge in [0.25, 0.3) is 0 Å². The van der Waals surface area contributed by atoms with Gasteiger partial charge in [0.15, 0.2) is 5.11 Å². The van der Waals surface area contributed by atoms with Crippen molar-refractivity contribution in [3.8, 4) is 11.3 Å². The van der Waals surface area contributed by atoms with Crippen LogP contribution in [0.4, 0.5) is 10.1 Å². The lowest BCUT2D eigenvalue weighted by Gasteiger charge is -2.07. The van der Waals surface area contributed by atoms with Crippen LogP contribution in [0.25, 0.3) is 11.3 Å². The first-order valence-electron chi connectivity index (χ1n) is 7.43. The van der Waals surface area contributed by atoms with Crippen molar-refractivity contribution in [2.75, 3.05) is 5.32 Å². The van der Waals surface area contributed by atoms with Gasteiger partial charge in [-0.25, -0.2) is 4.39 Å². The summed E-state index contributed by atoms with van der Waals surface area (Å²) in [5.41, 5.74) is 3.54. The van der Waals surface area contributed by atoms with Crippen LogP contribution in [0.1, 0.15) is 5.76 Å². The molecule has 2 N–H and O–H groups in total. The summed E-state index contributed by atoms with van der Waals surface area (Å²) in [6.07, 6.45) is 1.44. The molecule has 0 bridgehead atoms. The highest BCUT2D eigenvalue weighted by molar-refractivity contribution is 7.80. The van der Waals surface area contributed by atoms with E-state index in [0.717, 1.165) is 0 Å². The lowest BCUT2D eigenvalue weighted by atomic mass is 10.2. The Balaban J connectivity index is 1.63. The summed E-state index contributed by atoms with van der Waals surface area (Å²) < 4.78 is 19.2. The molecule has 0 aliphatic carbocycles. The smallest absolute Gasteiger partial charge is 0.191 e. The number of hydrogen-bond acceptors (Lipinski definition) is 3. The third-order valence-electron chi connectivity index (χ3n) is 3.30. The summed E-state index contributed by atoms with van der Waals surface area (Å²) in [5.74, 6) is 0.637. The minimum atomic E-state index is -0.408. The van der Waals surface area contributed by atoms with Crippen molar-refractivity contribution < 1.29 is 8.81 Å². The van der Waals surface area contributed by atoms with Crippen LogP contribution in [0.2, 0.25) is 10.0 Å². The molecule has 1 heterocycles. The normalized spacial score (nSPS) is 10.9. The van der Waals surface area contributed by atoms with Crippen molar-refractivity contribution >= 4 is 52.4 Å². The van der Waals surface area contributed by atoms with Gasteiger partial charge in [-0.15, -0.1) is 0 Å². The molecule has 8 heteroatoms. The standard InChI is InChI=1S/C18H12Cl2FN3OS/c19-11-5-7-14(20)13(9-11)17-8-6-12(25-17)10-22-24-18(26)23-16-4-2-1-3-15(16)21/h1-10H,(H2,23,24,26)/b22-10-. The Kier molecular flexibility index (Phi) is 5.88. The molecule has 0 aliphatic heterocycles. The molecule has 0 fully saturated rings. The average molecular weight is 408 g/mol. The monoisotopic (exact) mass is 407 g/mol. The van der Waals surface area contributed by atoms with Gasteiger partial charge in [0.1, 0.15) is 17.3 Å². The fourth-order valence-corrected chi connectivity index (χ4v) is 2.67. The summed E-state index contributed by atoms with van der Waals surface area (Å²) in [4.78, 5) is 0. The number of thiocarbonyl (C=S) groups is 1. The molecule has 26 heavy (non-hydrogen) atoms. The molecule has 0 spiro atoms. The summed E-state index contributed by atoms with van der Waals surface area (Å²) in [7, 11) is 0. The zero-order valence-corrected chi connectivity index (χ0v) is 15.5. The molecule has 0 aliphatic rings. The maximum atomic E-state index is 13.5. The van der Waals surface area contributed by atoms with Gasteiger partial charge in [0.2, 0.25) is 0 Å². The van der Waals surface area contributed by atoms with Crippen LogP contribution in [-0.2, 0) is 0 Å². The molecular weight excluding hydrogens is 396 g/mol. The molecule has 0 radical (unpaired) electrons. The first-order chi connectivity index (χ1) is 12.5. The zero-order chi connectivity index (χ0) is 18.5. The van der Waals surface area contributed by atoms with Gasteiger partial charge in [0, 0.05) is 10.6 Å². The number of anilines is 1. The van der Waals surface area contributed by atoms with Gasteiger partial charge in [0.05, 0.1) is 16.9 Å². The Bertz CT molecular complexity index is 975. The Hall–Kier alpha value is -2.41. The number of rotatable bonds is 4. The molecule has 2 aromatic carbocycles. The summed E-state index contributed by atoms with van der Waals surface area (Å²) in [6, 6.07) is 14.8. The van der Waals surface area contributed by atoms with Crippen molar-refractivity contribution in [2.24, 2.45) is 5.10 Å². The average Bonchev–Trinajstić information content (AvgIpc) is 3.08. The van der Waals surface area contributed by atoms with Crippen LogP contribution >= 0.6 is 35.4 Å². The van der Waals surface area contributed by atoms with Gasteiger partial charge in [-0.3, -0.25) is 5.43 Å². The lowest BCUT2D eigenvalue weighted by Crippen LogP contribution is -2.24. The third-order valence-corrected chi connectivity index (χ3v) is 4.06. The molecule has 0 atom stereocenters. The fourth-order valence-electron chi connectivity index (χ4n) is 2.12. The Labute approximate surface area is 164 Å². The van der Waals surface area contributed by atoms with Crippen molar-refractivity contribution in [1.29, 1.82) is 0 Å². The Morgan fingerprint density at radius 1 is 1.12 bits per heavy atom. The van der Waals surface area contributed by atoms with Crippen LogP contribution in [0.5, 0.6) is 0 Å². The second-order valence-corrected chi connectivity index (χ2v) is 6.38. The second kappa shape index (κ2) is 8.31. The quantitative estimate of drug-likeness (QED) is 0.330. The van der Waals surface area contributed by atoms with E-state index in [2.05, 4.69) is 15.8 Å². The molecule has 1 aromatic heterocycles. The number of nitrogens with one attached hydrogen (secondary N) is 2. The SMILES string of the molecule is Fc1ccccc1NC(=S)N/N=C\c1ccc(-c2cc(Cl)ccc2Cl)o1. The van der Waals surface area contributed by atoms with Crippen molar-refractivity contribution in [3.63, 3.8) is 0 Å². The van der Waals surface area contributed by atoms with E-state index >= 15 is 0 Å². The van der Waals surface area contributed by atoms with Gasteiger partial charge < -0.3 is 9.73 Å². The minimum Gasteiger partial charge on any atom is -0.455 e. The molecule has 0 saturated carbocycles. The Morgan fingerprint density at radius 3 is 2.73 bits per heavy atom. The van der Waals surface area contributed by atoms with E-state index in [-0.39, 0.29) is 10.8 Å². The van der Waals surface area contributed by atoms with Crippen LogP contribution in [0.15, 0.2) is 64.1 Å². The van der Waals surface area contributed by atoms with E-state index in [1.807, 2.05) is 0 Å². The zero-order valence-electron chi connectivity index (χ0n) is 13.2. The van der Waals surface area contributed by atoms with E-state index in [9.17, 15) is 4.39 Å². The maximum absolute atomic E-state index is 13.5. The van der Waals surface area contributed by atoms with Crippen LogP contribution in [-0.4, -0.2) is 11.3 Å². The molecule has 3 rings (SSSR count). The van der Waals surface area contributed by atoms with Crippen LogP contribution in [0, 0.1) is 5.82 Å².